The fourth-order valence-electron chi connectivity index (χ4n) is 2.26. The highest BCUT2D eigenvalue weighted by Crippen LogP contribution is 2.33. The molecule has 3 aromatic rings. The summed E-state index contributed by atoms with van der Waals surface area (Å²) in [6, 6.07) is 13.5. The second-order valence-corrected chi connectivity index (χ2v) is 5.91. The van der Waals surface area contributed by atoms with E-state index in [-0.39, 0.29) is 0 Å². The van der Waals surface area contributed by atoms with Crippen LogP contribution in [-0.4, -0.2) is 11.7 Å². The number of carbonyl (C=O) groups excluding carboxylic acids is 1. The van der Waals surface area contributed by atoms with Crippen molar-refractivity contribution in [2.75, 3.05) is 5.32 Å². The maximum atomic E-state index is 11.9. The maximum Gasteiger partial charge on any atom is 0.412 e. The van der Waals surface area contributed by atoms with Gasteiger partial charge in [0.2, 0.25) is 0 Å². The zero-order valence-corrected chi connectivity index (χ0v) is 12.3. The molecule has 4 heteroatoms. The van der Waals surface area contributed by atoms with Crippen molar-refractivity contribution < 1.29 is 13.9 Å². The molecule has 0 saturated heterocycles. The highest BCUT2D eigenvalue weighted by molar-refractivity contribution is 6.10. The van der Waals surface area contributed by atoms with E-state index in [1.54, 1.807) is 6.07 Å². The van der Waals surface area contributed by atoms with E-state index in [4.69, 9.17) is 9.15 Å². The number of furan rings is 1. The molecule has 21 heavy (non-hydrogen) atoms. The molecule has 108 valence electrons. The van der Waals surface area contributed by atoms with Gasteiger partial charge in [0.1, 0.15) is 11.2 Å². The first-order valence-corrected chi connectivity index (χ1v) is 6.84. The van der Waals surface area contributed by atoms with Crippen LogP contribution in [0.5, 0.6) is 0 Å². The lowest BCUT2D eigenvalue weighted by molar-refractivity contribution is 0.0636. The average Bonchev–Trinajstić information content (AvgIpc) is 2.76. The molecule has 4 nitrogen and oxygen atoms in total. The summed E-state index contributed by atoms with van der Waals surface area (Å²) in [5.74, 6) is 0. The third-order valence-electron chi connectivity index (χ3n) is 3.04. The predicted octanol–water partition coefficient (Wildman–Crippen LogP) is 4.93. The van der Waals surface area contributed by atoms with Gasteiger partial charge in [0.15, 0.2) is 5.58 Å². The molecule has 1 amide bonds. The Kier molecular flexibility index (Phi) is 3.09. The Hall–Kier alpha value is -2.49. The minimum absolute atomic E-state index is 0.490. The van der Waals surface area contributed by atoms with Crippen LogP contribution in [0.15, 0.2) is 46.9 Å². The highest BCUT2D eigenvalue weighted by Gasteiger charge is 2.18. The van der Waals surface area contributed by atoms with Gasteiger partial charge in [-0.3, -0.25) is 5.32 Å². The summed E-state index contributed by atoms with van der Waals surface area (Å²) in [6.45, 7) is 5.48. The molecule has 0 aliphatic carbocycles. The van der Waals surface area contributed by atoms with E-state index >= 15 is 0 Å². The Labute approximate surface area is 122 Å². The number of ether oxygens (including phenoxy) is 1. The Morgan fingerprint density at radius 3 is 2.52 bits per heavy atom. The largest absolute Gasteiger partial charge is 0.454 e. The Morgan fingerprint density at radius 1 is 1.05 bits per heavy atom. The summed E-state index contributed by atoms with van der Waals surface area (Å²) in [6.07, 6.45) is -0.490. The van der Waals surface area contributed by atoms with Crippen molar-refractivity contribution in [1.82, 2.24) is 0 Å². The third kappa shape index (κ3) is 2.70. The van der Waals surface area contributed by atoms with Crippen molar-refractivity contribution in [2.24, 2.45) is 0 Å². The molecule has 1 N–H and O–H groups in total. The number of para-hydroxylation sites is 2. The van der Waals surface area contributed by atoms with Gasteiger partial charge in [0.05, 0.1) is 5.69 Å². The van der Waals surface area contributed by atoms with Gasteiger partial charge in [0, 0.05) is 10.8 Å². The molecular formula is C17H17NO3. The van der Waals surface area contributed by atoms with Crippen molar-refractivity contribution in [1.29, 1.82) is 0 Å². The van der Waals surface area contributed by atoms with Crippen molar-refractivity contribution in [2.45, 2.75) is 26.4 Å². The summed E-state index contributed by atoms with van der Waals surface area (Å²) in [5, 5.41) is 4.75. The molecule has 0 radical (unpaired) electrons. The second-order valence-electron chi connectivity index (χ2n) is 5.91. The van der Waals surface area contributed by atoms with Crippen molar-refractivity contribution >= 4 is 33.7 Å². The first kappa shape index (κ1) is 13.5. The monoisotopic (exact) mass is 283 g/mol. The van der Waals surface area contributed by atoms with Crippen LogP contribution in [0.25, 0.3) is 21.9 Å². The first-order valence-electron chi connectivity index (χ1n) is 6.84. The predicted molar refractivity (Wildman–Crippen MR) is 83.6 cm³/mol. The molecular weight excluding hydrogens is 266 g/mol. The fourth-order valence-corrected chi connectivity index (χ4v) is 2.26. The smallest absolute Gasteiger partial charge is 0.412 e. The van der Waals surface area contributed by atoms with Crippen LogP contribution in [0.1, 0.15) is 20.8 Å². The minimum Gasteiger partial charge on any atom is -0.454 e. The van der Waals surface area contributed by atoms with Gasteiger partial charge in [0.25, 0.3) is 0 Å². The molecule has 0 aliphatic rings. The van der Waals surface area contributed by atoms with Crippen LogP contribution in [0, 0.1) is 0 Å². The van der Waals surface area contributed by atoms with Crippen molar-refractivity contribution in [3.63, 3.8) is 0 Å². The topological polar surface area (TPSA) is 51.5 Å². The van der Waals surface area contributed by atoms with Gasteiger partial charge < -0.3 is 9.15 Å². The van der Waals surface area contributed by atoms with Crippen molar-refractivity contribution in [3.8, 4) is 0 Å². The van der Waals surface area contributed by atoms with E-state index in [0.717, 1.165) is 16.4 Å². The molecule has 0 bridgehead atoms. The van der Waals surface area contributed by atoms with E-state index in [2.05, 4.69) is 5.32 Å². The Morgan fingerprint density at radius 2 is 1.76 bits per heavy atom. The molecule has 2 aromatic carbocycles. The quantitative estimate of drug-likeness (QED) is 0.688. The van der Waals surface area contributed by atoms with Crippen LogP contribution < -0.4 is 5.32 Å². The SMILES string of the molecule is CC(C)(C)OC(=O)Nc1cccc2c1oc1ccccc12. The van der Waals surface area contributed by atoms with Crippen LogP contribution in [0.2, 0.25) is 0 Å². The van der Waals surface area contributed by atoms with E-state index < -0.39 is 11.7 Å². The summed E-state index contributed by atoms with van der Waals surface area (Å²) >= 11 is 0. The number of nitrogens with one attached hydrogen (secondary N) is 1. The Bertz CT molecular complexity index is 812. The zero-order valence-electron chi connectivity index (χ0n) is 12.3. The van der Waals surface area contributed by atoms with Crippen LogP contribution in [0.3, 0.4) is 0 Å². The standard InChI is InChI=1S/C17H17NO3/c1-17(2,3)21-16(19)18-13-9-6-8-12-11-7-4-5-10-14(11)20-15(12)13/h4-10H,1-3H3,(H,18,19). The lowest BCUT2D eigenvalue weighted by Crippen LogP contribution is -2.27. The maximum absolute atomic E-state index is 11.9. The highest BCUT2D eigenvalue weighted by atomic mass is 16.6. The minimum atomic E-state index is -0.536. The summed E-state index contributed by atoms with van der Waals surface area (Å²) in [7, 11) is 0. The van der Waals surface area contributed by atoms with Gasteiger partial charge in [-0.05, 0) is 32.9 Å². The number of carbonyl (C=O) groups is 1. The number of amides is 1. The van der Waals surface area contributed by atoms with E-state index in [1.807, 2.05) is 57.2 Å². The molecule has 0 saturated carbocycles. The average molecular weight is 283 g/mol. The number of benzene rings is 2. The number of hydrogen-bond donors (Lipinski definition) is 1. The van der Waals surface area contributed by atoms with Crippen LogP contribution >= 0.6 is 0 Å². The van der Waals surface area contributed by atoms with Gasteiger partial charge in [-0.15, -0.1) is 0 Å². The number of hydrogen-bond acceptors (Lipinski definition) is 3. The number of rotatable bonds is 1. The lowest BCUT2D eigenvalue weighted by Gasteiger charge is -2.19. The molecule has 0 atom stereocenters. The molecule has 0 spiro atoms. The molecule has 0 aliphatic heterocycles. The molecule has 0 unspecified atom stereocenters. The van der Waals surface area contributed by atoms with E-state index in [9.17, 15) is 4.79 Å². The number of fused-ring (bicyclic) bond motifs is 3. The Balaban J connectivity index is 2.01. The molecule has 1 heterocycles. The van der Waals surface area contributed by atoms with Gasteiger partial charge >= 0.3 is 6.09 Å². The van der Waals surface area contributed by atoms with Crippen molar-refractivity contribution in [3.05, 3.63) is 42.5 Å². The molecule has 1 aromatic heterocycles. The zero-order chi connectivity index (χ0) is 15.0. The van der Waals surface area contributed by atoms with Gasteiger partial charge in [-0.1, -0.05) is 30.3 Å². The van der Waals surface area contributed by atoms with Crippen LogP contribution in [-0.2, 0) is 4.74 Å². The van der Waals surface area contributed by atoms with Crippen LogP contribution in [0.4, 0.5) is 10.5 Å². The lowest BCUT2D eigenvalue weighted by atomic mass is 10.1. The van der Waals surface area contributed by atoms with Gasteiger partial charge in [-0.2, -0.15) is 0 Å². The fraction of sp³-hybridized carbons (Fsp3) is 0.235. The number of anilines is 1. The summed E-state index contributed by atoms with van der Waals surface area (Å²) in [4.78, 5) is 11.9. The third-order valence-corrected chi connectivity index (χ3v) is 3.04. The molecule has 0 fully saturated rings. The van der Waals surface area contributed by atoms with Gasteiger partial charge in [-0.25, -0.2) is 4.79 Å². The van der Waals surface area contributed by atoms with E-state index in [0.29, 0.717) is 11.3 Å². The van der Waals surface area contributed by atoms with E-state index in [1.165, 1.54) is 0 Å². The molecule has 3 rings (SSSR count). The normalized spacial score (nSPS) is 11.8. The second kappa shape index (κ2) is 4.81. The summed E-state index contributed by atoms with van der Waals surface area (Å²) < 4.78 is 11.1. The first-order chi connectivity index (χ1) is 9.94. The summed E-state index contributed by atoms with van der Waals surface area (Å²) in [5.41, 5.74) is 1.53.